The van der Waals surface area contributed by atoms with Crippen LogP contribution < -0.4 is 14.2 Å². The maximum Gasteiger partial charge on any atom is 0.282 e. The van der Waals surface area contributed by atoms with E-state index in [1.165, 1.54) is 26.6 Å². The van der Waals surface area contributed by atoms with Gasteiger partial charge >= 0.3 is 0 Å². The number of methoxy groups -OCH3 is 2. The quantitative estimate of drug-likeness (QED) is 0.616. The van der Waals surface area contributed by atoms with Crippen molar-refractivity contribution in [1.29, 1.82) is 0 Å². The number of halogens is 3. The lowest BCUT2D eigenvalue weighted by atomic mass is 10.7. The van der Waals surface area contributed by atoms with E-state index >= 15 is 0 Å². The zero-order valence-corrected chi connectivity index (χ0v) is 12.6. The second-order valence-corrected chi connectivity index (χ2v) is 4.22. The Kier molecular flexibility index (Phi) is 6.50. The Labute approximate surface area is 129 Å². The van der Waals surface area contributed by atoms with E-state index in [0.29, 0.717) is 4.73 Å². The fraction of sp³-hybridized carbons (Fsp3) is 0.200. The van der Waals surface area contributed by atoms with Crippen molar-refractivity contribution in [1.82, 2.24) is 15.0 Å². The molecular formula is C10H9Cl3N4O3. The molecule has 20 heavy (non-hydrogen) atoms. The summed E-state index contributed by atoms with van der Waals surface area (Å²) in [5.74, 6) is 0.455. The summed E-state index contributed by atoms with van der Waals surface area (Å²) in [4.78, 5) is 11.1. The summed E-state index contributed by atoms with van der Waals surface area (Å²) in [5.41, 5.74) is 0. The zero-order chi connectivity index (χ0) is 15.1. The van der Waals surface area contributed by atoms with E-state index in [-0.39, 0.29) is 27.2 Å². The van der Waals surface area contributed by atoms with Crippen LogP contribution in [-0.4, -0.2) is 29.2 Å². The average Bonchev–Trinajstić information content (AvgIpc) is 2.41. The van der Waals surface area contributed by atoms with Gasteiger partial charge in [-0.15, -0.1) is 0 Å². The van der Waals surface area contributed by atoms with Crippen molar-refractivity contribution in [2.75, 3.05) is 14.2 Å². The molecule has 10 heteroatoms. The van der Waals surface area contributed by atoms with Crippen LogP contribution in [0.15, 0.2) is 18.6 Å². The fourth-order valence-corrected chi connectivity index (χ4v) is 1.45. The van der Waals surface area contributed by atoms with E-state index in [4.69, 9.17) is 39.5 Å². The predicted molar refractivity (Wildman–Crippen MR) is 73.4 cm³/mol. The standard InChI is InChI=1S/C5H4Cl2N2O.C5H5ClN2O2/c1-10-5-4(7)8-2-3(6)9-5;1-10-5-3-8(9)2-4(6)7-5/h2H,1H3;2-3H,1H3. The maximum absolute atomic E-state index is 10.6. The summed E-state index contributed by atoms with van der Waals surface area (Å²) < 4.78 is 9.93. The van der Waals surface area contributed by atoms with Crippen LogP contribution in [-0.2, 0) is 0 Å². The van der Waals surface area contributed by atoms with E-state index in [9.17, 15) is 5.21 Å². The second-order valence-electron chi connectivity index (χ2n) is 3.09. The number of aromatic nitrogens is 4. The molecule has 2 rings (SSSR count). The summed E-state index contributed by atoms with van der Waals surface area (Å²) in [5, 5.41) is 11.2. The van der Waals surface area contributed by atoms with Gasteiger partial charge in [-0.25, -0.2) is 4.98 Å². The molecule has 0 aliphatic rings. The van der Waals surface area contributed by atoms with Crippen molar-refractivity contribution < 1.29 is 14.2 Å². The average molecular weight is 340 g/mol. The smallest absolute Gasteiger partial charge is 0.282 e. The summed E-state index contributed by atoms with van der Waals surface area (Å²) in [7, 11) is 2.87. The van der Waals surface area contributed by atoms with E-state index in [1.54, 1.807) is 0 Å². The molecule has 0 fully saturated rings. The molecule has 2 heterocycles. The van der Waals surface area contributed by atoms with Crippen LogP contribution in [0, 0.1) is 5.21 Å². The van der Waals surface area contributed by atoms with Crippen LogP contribution in [0.5, 0.6) is 11.8 Å². The Morgan fingerprint density at radius 3 is 2.25 bits per heavy atom. The van der Waals surface area contributed by atoms with Crippen LogP contribution in [0.2, 0.25) is 15.5 Å². The van der Waals surface area contributed by atoms with Crippen molar-refractivity contribution in [2.45, 2.75) is 0 Å². The van der Waals surface area contributed by atoms with Gasteiger partial charge in [0.2, 0.25) is 12.4 Å². The lowest BCUT2D eigenvalue weighted by molar-refractivity contribution is -0.606. The fourth-order valence-electron chi connectivity index (χ4n) is 0.979. The molecule has 2 aromatic rings. The van der Waals surface area contributed by atoms with Gasteiger partial charge in [-0.2, -0.15) is 14.7 Å². The summed E-state index contributed by atoms with van der Waals surface area (Å²) in [6, 6.07) is 0. The lowest BCUT2D eigenvalue weighted by Gasteiger charge is -1.98. The molecule has 0 saturated carbocycles. The molecule has 0 atom stereocenters. The first kappa shape index (κ1) is 16.5. The second kappa shape index (κ2) is 7.88. The highest BCUT2D eigenvalue weighted by atomic mass is 35.5. The molecule has 0 N–H and O–H groups in total. The molecule has 0 saturated heterocycles. The number of nitrogens with zero attached hydrogens (tertiary/aromatic N) is 4. The van der Waals surface area contributed by atoms with Crippen molar-refractivity contribution in [2.24, 2.45) is 0 Å². The van der Waals surface area contributed by atoms with Crippen molar-refractivity contribution in [3.05, 3.63) is 39.3 Å². The third-order valence-electron chi connectivity index (χ3n) is 1.76. The molecule has 7 nitrogen and oxygen atoms in total. The SMILES string of the molecule is COc1c[n+]([O-])cc(Cl)n1.COc1nc(Cl)cnc1Cl. The number of ether oxygens (including phenoxy) is 2. The van der Waals surface area contributed by atoms with Gasteiger partial charge in [0.1, 0.15) is 0 Å². The minimum atomic E-state index is 0.120. The van der Waals surface area contributed by atoms with Crippen LogP contribution >= 0.6 is 34.8 Å². The first-order valence-corrected chi connectivity index (χ1v) is 6.12. The molecule has 0 radical (unpaired) electrons. The molecule has 0 aliphatic carbocycles. The monoisotopic (exact) mass is 338 g/mol. The Bertz CT molecular complexity index is 565. The normalized spacial score (nSPS) is 9.45. The minimum absolute atomic E-state index is 0.120. The van der Waals surface area contributed by atoms with Gasteiger partial charge in [-0.1, -0.05) is 34.8 Å². The minimum Gasteiger partial charge on any atom is -0.618 e. The lowest BCUT2D eigenvalue weighted by Crippen LogP contribution is -2.25. The van der Waals surface area contributed by atoms with Gasteiger partial charge in [0.15, 0.2) is 15.5 Å². The van der Waals surface area contributed by atoms with Gasteiger partial charge in [0, 0.05) is 0 Å². The van der Waals surface area contributed by atoms with Crippen LogP contribution in [0.25, 0.3) is 0 Å². The summed E-state index contributed by atoms with van der Waals surface area (Å²) >= 11 is 16.4. The Morgan fingerprint density at radius 2 is 1.75 bits per heavy atom. The first-order chi connectivity index (χ1) is 9.46. The highest BCUT2D eigenvalue weighted by Gasteiger charge is 2.02. The number of rotatable bonds is 2. The van der Waals surface area contributed by atoms with Gasteiger partial charge < -0.3 is 14.7 Å². The van der Waals surface area contributed by atoms with E-state index in [2.05, 4.69) is 19.7 Å². The molecule has 0 unspecified atom stereocenters. The Morgan fingerprint density at radius 1 is 1.05 bits per heavy atom. The summed E-state index contributed by atoms with van der Waals surface area (Å²) in [6.07, 6.45) is 3.68. The van der Waals surface area contributed by atoms with Crippen LogP contribution in [0.1, 0.15) is 0 Å². The van der Waals surface area contributed by atoms with Gasteiger partial charge in [-0.3, -0.25) is 0 Å². The molecule has 2 aromatic heterocycles. The molecule has 0 aliphatic heterocycles. The van der Waals surface area contributed by atoms with Crippen molar-refractivity contribution >= 4 is 34.8 Å². The molecule has 0 bridgehead atoms. The van der Waals surface area contributed by atoms with E-state index in [1.807, 2.05) is 0 Å². The van der Waals surface area contributed by atoms with Gasteiger partial charge in [0.25, 0.3) is 11.8 Å². The van der Waals surface area contributed by atoms with Crippen molar-refractivity contribution in [3.8, 4) is 11.8 Å². The van der Waals surface area contributed by atoms with Crippen LogP contribution in [0.3, 0.4) is 0 Å². The third kappa shape index (κ3) is 5.20. The Hall–Kier alpha value is -1.57. The molecule has 0 aromatic carbocycles. The number of hydrogen-bond acceptors (Lipinski definition) is 6. The van der Waals surface area contributed by atoms with E-state index < -0.39 is 0 Å². The molecule has 0 spiro atoms. The maximum atomic E-state index is 10.6. The highest BCUT2D eigenvalue weighted by Crippen LogP contribution is 2.19. The molecular weight excluding hydrogens is 330 g/mol. The van der Waals surface area contributed by atoms with Gasteiger partial charge in [0.05, 0.1) is 20.4 Å². The largest absolute Gasteiger partial charge is 0.618 e. The predicted octanol–water partition coefficient (Wildman–Crippen LogP) is 2.17. The Balaban J connectivity index is 0.000000200. The van der Waals surface area contributed by atoms with Crippen LogP contribution in [0.4, 0.5) is 0 Å². The summed E-state index contributed by atoms with van der Waals surface area (Å²) in [6.45, 7) is 0. The number of hydrogen-bond donors (Lipinski definition) is 0. The van der Waals surface area contributed by atoms with Gasteiger partial charge in [-0.05, 0) is 0 Å². The molecule has 108 valence electrons. The highest BCUT2D eigenvalue weighted by molar-refractivity contribution is 6.32. The molecule has 0 amide bonds. The zero-order valence-electron chi connectivity index (χ0n) is 10.4. The first-order valence-electron chi connectivity index (χ1n) is 4.98. The van der Waals surface area contributed by atoms with Crippen molar-refractivity contribution in [3.63, 3.8) is 0 Å². The topological polar surface area (TPSA) is 84.1 Å². The van der Waals surface area contributed by atoms with E-state index in [0.717, 1.165) is 6.20 Å². The third-order valence-corrected chi connectivity index (χ3v) is 2.38.